The monoisotopic (exact) mass is 523 g/mol. The molecule has 1 N–H and O–H groups in total. The third kappa shape index (κ3) is 5.92. The van der Waals surface area contributed by atoms with Crippen LogP contribution in [0.1, 0.15) is 11.1 Å². The van der Waals surface area contributed by atoms with E-state index < -0.39 is 44.8 Å². The molecule has 1 amide bonds. The lowest BCUT2D eigenvalue weighted by molar-refractivity contribution is -0.384. The lowest BCUT2D eigenvalue weighted by atomic mass is 10.2. The molecule has 190 valence electrons. The molecule has 0 aliphatic carbocycles. The predicted octanol–water partition coefficient (Wildman–Crippen LogP) is 4.76. The van der Waals surface area contributed by atoms with Crippen molar-refractivity contribution >= 4 is 33.0 Å². The number of rotatable bonds is 8. The Balaban J connectivity index is 2.04. The van der Waals surface area contributed by atoms with Crippen LogP contribution in [-0.2, 0) is 21.0 Å². The van der Waals surface area contributed by atoms with E-state index in [0.717, 1.165) is 35.9 Å². The molecule has 0 aromatic heterocycles. The second kappa shape index (κ2) is 10.2. The van der Waals surface area contributed by atoms with E-state index in [9.17, 15) is 36.5 Å². The number of non-ortho nitro benzene ring substituents is 1. The number of halogens is 3. The second-order valence-electron chi connectivity index (χ2n) is 7.56. The first-order chi connectivity index (χ1) is 16.8. The maximum absolute atomic E-state index is 13.4. The number of sulfonamides is 1. The molecule has 3 rings (SSSR count). The fourth-order valence-electron chi connectivity index (χ4n) is 3.22. The number of hydrogen-bond donors (Lipinski definition) is 1. The van der Waals surface area contributed by atoms with Crippen LogP contribution in [0.2, 0.25) is 0 Å². The molecule has 0 heterocycles. The van der Waals surface area contributed by atoms with Crippen LogP contribution in [0.3, 0.4) is 0 Å². The molecule has 0 unspecified atom stereocenters. The van der Waals surface area contributed by atoms with Crippen LogP contribution in [0.5, 0.6) is 5.75 Å². The summed E-state index contributed by atoms with van der Waals surface area (Å²) in [6, 6.07) is 12.5. The van der Waals surface area contributed by atoms with Crippen molar-refractivity contribution in [2.45, 2.75) is 18.0 Å². The van der Waals surface area contributed by atoms with E-state index in [1.807, 2.05) is 0 Å². The molecule has 3 aromatic carbocycles. The number of nitro benzene ring substituents is 1. The molecule has 9 nitrogen and oxygen atoms in total. The first-order valence-electron chi connectivity index (χ1n) is 10.2. The summed E-state index contributed by atoms with van der Waals surface area (Å²) in [6.45, 7) is 0.796. The molecule has 3 aromatic rings. The van der Waals surface area contributed by atoms with Gasteiger partial charge in [-0.05, 0) is 43.3 Å². The number of nitrogens with one attached hydrogen (secondary N) is 1. The molecule has 0 atom stereocenters. The van der Waals surface area contributed by atoms with Crippen LogP contribution in [-0.4, -0.2) is 32.9 Å². The SMILES string of the molecule is COc1ccc([N+](=O)[O-])cc1NC(=O)CN(c1cccc(C(F)(F)F)c1)S(=O)(=O)c1ccc(C)cc1. The number of amides is 1. The summed E-state index contributed by atoms with van der Waals surface area (Å²) in [4.78, 5) is 23.0. The fraction of sp³-hybridized carbons (Fsp3) is 0.174. The topological polar surface area (TPSA) is 119 Å². The maximum Gasteiger partial charge on any atom is 0.416 e. The number of carbonyl (C=O) groups excluding carboxylic acids is 1. The zero-order valence-electron chi connectivity index (χ0n) is 18.9. The number of alkyl halides is 3. The minimum atomic E-state index is -4.76. The molecule has 0 fully saturated rings. The molecule has 0 spiro atoms. The molecule has 13 heteroatoms. The van der Waals surface area contributed by atoms with Gasteiger partial charge in [-0.15, -0.1) is 0 Å². The highest BCUT2D eigenvalue weighted by atomic mass is 32.2. The zero-order valence-corrected chi connectivity index (χ0v) is 19.8. The van der Waals surface area contributed by atoms with Crippen LogP contribution in [0.25, 0.3) is 0 Å². The van der Waals surface area contributed by atoms with Crippen LogP contribution < -0.4 is 14.4 Å². The van der Waals surface area contributed by atoms with Crippen molar-refractivity contribution in [1.29, 1.82) is 0 Å². The summed E-state index contributed by atoms with van der Waals surface area (Å²) >= 11 is 0. The minimum absolute atomic E-state index is 0.0564. The zero-order chi connectivity index (χ0) is 26.7. The first-order valence-corrected chi connectivity index (χ1v) is 11.7. The highest BCUT2D eigenvalue weighted by molar-refractivity contribution is 7.92. The van der Waals surface area contributed by atoms with Crippen molar-refractivity contribution in [2.75, 3.05) is 23.3 Å². The number of nitro groups is 1. The molecule has 0 radical (unpaired) electrons. The van der Waals surface area contributed by atoms with Gasteiger partial charge in [0.25, 0.3) is 15.7 Å². The van der Waals surface area contributed by atoms with Crippen molar-refractivity contribution in [3.63, 3.8) is 0 Å². The van der Waals surface area contributed by atoms with Gasteiger partial charge in [0.15, 0.2) is 0 Å². The fourth-order valence-corrected chi connectivity index (χ4v) is 4.63. The van der Waals surface area contributed by atoms with E-state index in [-0.39, 0.29) is 22.0 Å². The van der Waals surface area contributed by atoms with E-state index in [1.165, 1.54) is 37.4 Å². The van der Waals surface area contributed by atoms with Crippen molar-refractivity contribution in [3.8, 4) is 5.75 Å². The molecular weight excluding hydrogens is 503 g/mol. The van der Waals surface area contributed by atoms with Gasteiger partial charge in [0, 0.05) is 12.1 Å². The quantitative estimate of drug-likeness (QED) is 0.336. The van der Waals surface area contributed by atoms with Crippen LogP contribution in [0.4, 0.5) is 30.2 Å². The standard InChI is InChI=1S/C23H20F3N3O6S/c1-15-6-9-19(10-7-15)36(33,34)28(17-5-3-4-16(12-17)23(24,25)26)14-22(30)27-20-13-18(29(31)32)8-11-21(20)35-2/h3-13H,14H2,1-2H3,(H,27,30). The lowest BCUT2D eigenvalue weighted by Gasteiger charge is -2.25. The van der Waals surface area contributed by atoms with Gasteiger partial charge in [0.1, 0.15) is 12.3 Å². The molecule has 36 heavy (non-hydrogen) atoms. The predicted molar refractivity (Wildman–Crippen MR) is 125 cm³/mol. The number of aryl methyl sites for hydroxylation is 1. The summed E-state index contributed by atoms with van der Waals surface area (Å²) < 4.78 is 72.4. The number of benzene rings is 3. The third-order valence-corrected chi connectivity index (χ3v) is 6.81. The number of nitrogens with zero attached hydrogens (tertiary/aromatic N) is 2. The van der Waals surface area contributed by atoms with Gasteiger partial charge in [-0.3, -0.25) is 19.2 Å². The van der Waals surface area contributed by atoms with E-state index in [4.69, 9.17) is 4.74 Å². The summed E-state index contributed by atoms with van der Waals surface area (Å²) in [7, 11) is -3.23. The Morgan fingerprint density at radius 1 is 1.08 bits per heavy atom. The highest BCUT2D eigenvalue weighted by Crippen LogP contribution is 2.34. The molecular formula is C23H20F3N3O6S. The van der Waals surface area contributed by atoms with Crippen molar-refractivity contribution in [2.24, 2.45) is 0 Å². The Hall–Kier alpha value is -4.13. The Morgan fingerprint density at radius 2 is 1.75 bits per heavy atom. The first kappa shape index (κ1) is 26.5. The number of ether oxygens (including phenoxy) is 1. The average molecular weight is 523 g/mol. The van der Waals surface area contributed by atoms with Gasteiger partial charge < -0.3 is 10.1 Å². The number of methoxy groups -OCH3 is 1. The Morgan fingerprint density at radius 3 is 2.33 bits per heavy atom. The van der Waals surface area contributed by atoms with Gasteiger partial charge >= 0.3 is 6.18 Å². The van der Waals surface area contributed by atoms with Crippen molar-refractivity contribution in [1.82, 2.24) is 0 Å². The van der Waals surface area contributed by atoms with Gasteiger partial charge in [0.05, 0.1) is 33.9 Å². The van der Waals surface area contributed by atoms with Crippen molar-refractivity contribution < 1.29 is 36.0 Å². The van der Waals surface area contributed by atoms with Gasteiger partial charge in [-0.2, -0.15) is 13.2 Å². The largest absolute Gasteiger partial charge is 0.495 e. The van der Waals surface area contributed by atoms with Gasteiger partial charge in [0.2, 0.25) is 5.91 Å². The van der Waals surface area contributed by atoms with Gasteiger partial charge in [-0.1, -0.05) is 23.8 Å². The maximum atomic E-state index is 13.4. The number of anilines is 2. The third-order valence-electron chi connectivity index (χ3n) is 5.03. The highest BCUT2D eigenvalue weighted by Gasteiger charge is 2.33. The Labute approximate surface area is 204 Å². The molecule has 0 aliphatic rings. The van der Waals surface area contributed by atoms with Crippen LogP contribution in [0, 0.1) is 17.0 Å². The van der Waals surface area contributed by atoms with E-state index in [0.29, 0.717) is 10.4 Å². The summed E-state index contributed by atoms with van der Waals surface area (Å²) in [5, 5.41) is 13.4. The summed E-state index contributed by atoms with van der Waals surface area (Å²) in [6.07, 6.45) is -4.76. The van der Waals surface area contributed by atoms with Gasteiger partial charge in [-0.25, -0.2) is 8.42 Å². The van der Waals surface area contributed by atoms with Crippen LogP contribution in [0.15, 0.2) is 71.6 Å². The molecule has 0 bridgehead atoms. The smallest absolute Gasteiger partial charge is 0.416 e. The second-order valence-corrected chi connectivity index (χ2v) is 9.43. The molecule has 0 saturated heterocycles. The van der Waals surface area contributed by atoms with E-state index in [1.54, 1.807) is 6.92 Å². The summed E-state index contributed by atoms with van der Waals surface area (Å²) in [5.41, 5.74) is -1.24. The normalized spacial score (nSPS) is 11.6. The Kier molecular flexibility index (Phi) is 7.53. The molecule has 0 saturated carbocycles. The summed E-state index contributed by atoms with van der Waals surface area (Å²) in [5.74, 6) is -0.914. The minimum Gasteiger partial charge on any atom is -0.495 e. The average Bonchev–Trinajstić information content (AvgIpc) is 2.82. The molecule has 0 aliphatic heterocycles. The van der Waals surface area contributed by atoms with Crippen LogP contribution >= 0.6 is 0 Å². The van der Waals surface area contributed by atoms with E-state index >= 15 is 0 Å². The Bertz CT molecular complexity index is 1390. The number of hydrogen-bond acceptors (Lipinski definition) is 6. The van der Waals surface area contributed by atoms with E-state index in [2.05, 4.69) is 5.32 Å². The lowest BCUT2D eigenvalue weighted by Crippen LogP contribution is -2.38. The van der Waals surface area contributed by atoms with Crippen molar-refractivity contribution in [3.05, 3.63) is 88.0 Å². The number of carbonyl (C=O) groups is 1.